The van der Waals surface area contributed by atoms with Crippen LogP contribution in [0.3, 0.4) is 0 Å². The molecular weight excluding hydrogens is 168 g/mol. The second-order valence-corrected chi connectivity index (χ2v) is 3.77. The Labute approximate surface area is 78.2 Å². The molecule has 0 atom stereocenters. The van der Waals surface area contributed by atoms with Gasteiger partial charge in [0.15, 0.2) is 0 Å². The summed E-state index contributed by atoms with van der Waals surface area (Å²) in [5.41, 5.74) is 0. The standard InChI is InChI=1S/C9H16N2O2/c12-9(11-5-2-6-13-11)10-7-8-3-1-4-8/h8H,1-7H2,(H,10,12). The summed E-state index contributed by atoms with van der Waals surface area (Å²) in [6, 6.07) is -0.0654. The van der Waals surface area contributed by atoms with Gasteiger partial charge in [-0.15, -0.1) is 0 Å². The molecule has 1 saturated heterocycles. The first-order chi connectivity index (χ1) is 6.36. The van der Waals surface area contributed by atoms with Crippen molar-refractivity contribution in [3.8, 4) is 0 Å². The molecule has 0 bridgehead atoms. The van der Waals surface area contributed by atoms with Crippen LogP contribution in [0.4, 0.5) is 4.79 Å². The molecule has 1 heterocycles. The fourth-order valence-corrected chi connectivity index (χ4v) is 1.62. The summed E-state index contributed by atoms with van der Waals surface area (Å²) in [5.74, 6) is 0.714. The highest BCUT2D eigenvalue weighted by Crippen LogP contribution is 2.25. The maximum atomic E-state index is 11.4. The van der Waals surface area contributed by atoms with Crippen LogP contribution >= 0.6 is 0 Å². The van der Waals surface area contributed by atoms with E-state index >= 15 is 0 Å². The summed E-state index contributed by atoms with van der Waals surface area (Å²) in [6.07, 6.45) is 4.81. The summed E-state index contributed by atoms with van der Waals surface area (Å²) in [4.78, 5) is 16.5. The van der Waals surface area contributed by atoms with Gasteiger partial charge in [0.2, 0.25) is 0 Å². The summed E-state index contributed by atoms with van der Waals surface area (Å²) in [6.45, 7) is 2.23. The van der Waals surface area contributed by atoms with Crippen LogP contribution in [0.1, 0.15) is 25.7 Å². The lowest BCUT2D eigenvalue weighted by Crippen LogP contribution is -2.40. The van der Waals surface area contributed by atoms with Gasteiger partial charge < -0.3 is 5.32 Å². The number of nitrogens with zero attached hydrogens (tertiary/aromatic N) is 1. The molecule has 74 valence electrons. The topological polar surface area (TPSA) is 41.6 Å². The van der Waals surface area contributed by atoms with Gasteiger partial charge in [-0.1, -0.05) is 6.42 Å². The molecule has 4 nitrogen and oxygen atoms in total. The zero-order chi connectivity index (χ0) is 9.10. The highest BCUT2D eigenvalue weighted by atomic mass is 16.7. The van der Waals surface area contributed by atoms with E-state index in [0.29, 0.717) is 12.5 Å². The molecule has 1 aliphatic carbocycles. The van der Waals surface area contributed by atoms with Gasteiger partial charge in [0.05, 0.1) is 13.2 Å². The SMILES string of the molecule is O=C(NCC1CCC1)N1CCCO1. The highest BCUT2D eigenvalue weighted by molar-refractivity contribution is 5.73. The maximum absolute atomic E-state index is 11.4. The lowest BCUT2D eigenvalue weighted by Gasteiger charge is -2.26. The van der Waals surface area contributed by atoms with Gasteiger partial charge >= 0.3 is 6.03 Å². The van der Waals surface area contributed by atoms with E-state index in [1.165, 1.54) is 24.3 Å². The molecule has 0 aromatic carbocycles. The van der Waals surface area contributed by atoms with Crippen molar-refractivity contribution in [2.75, 3.05) is 19.7 Å². The zero-order valence-corrected chi connectivity index (χ0v) is 7.79. The highest BCUT2D eigenvalue weighted by Gasteiger charge is 2.22. The minimum Gasteiger partial charge on any atom is -0.336 e. The van der Waals surface area contributed by atoms with Crippen LogP contribution in [0.2, 0.25) is 0 Å². The van der Waals surface area contributed by atoms with Crippen molar-refractivity contribution >= 4 is 6.03 Å². The van der Waals surface area contributed by atoms with Gasteiger partial charge in [-0.3, -0.25) is 4.84 Å². The summed E-state index contributed by atoms with van der Waals surface area (Å²) >= 11 is 0. The third-order valence-electron chi connectivity index (χ3n) is 2.75. The minimum atomic E-state index is -0.0654. The maximum Gasteiger partial charge on any atom is 0.341 e. The van der Waals surface area contributed by atoms with Crippen molar-refractivity contribution in [1.82, 2.24) is 10.4 Å². The third kappa shape index (κ3) is 2.12. The van der Waals surface area contributed by atoms with E-state index in [1.54, 1.807) is 0 Å². The molecule has 1 aliphatic heterocycles. The number of hydrogen-bond donors (Lipinski definition) is 1. The number of amides is 2. The van der Waals surface area contributed by atoms with Crippen LogP contribution in [0, 0.1) is 5.92 Å². The van der Waals surface area contributed by atoms with Crippen molar-refractivity contribution in [1.29, 1.82) is 0 Å². The van der Waals surface area contributed by atoms with Crippen LogP contribution in [-0.2, 0) is 4.84 Å². The Morgan fingerprint density at radius 2 is 2.31 bits per heavy atom. The van der Waals surface area contributed by atoms with Gasteiger partial charge in [0.1, 0.15) is 0 Å². The smallest absolute Gasteiger partial charge is 0.336 e. The number of rotatable bonds is 2. The molecule has 2 aliphatic rings. The second-order valence-electron chi connectivity index (χ2n) is 3.77. The quantitative estimate of drug-likeness (QED) is 0.699. The van der Waals surface area contributed by atoms with Gasteiger partial charge in [-0.05, 0) is 25.2 Å². The molecule has 0 aromatic heterocycles. The van der Waals surface area contributed by atoms with E-state index in [9.17, 15) is 4.79 Å². The van der Waals surface area contributed by atoms with E-state index in [1.807, 2.05) is 0 Å². The lowest BCUT2D eigenvalue weighted by molar-refractivity contribution is -0.0666. The summed E-state index contributed by atoms with van der Waals surface area (Å²) in [7, 11) is 0. The Balaban J connectivity index is 1.65. The molecule has 0 unspecified atom stereocenters. The zero-order valence-electron chi connectivity index (χ0n) is 7.79. The van der Waals surface area contributed by atoms with E-state index < -0.39 is 0 Å². The van der Waals surface area contributed by atoms with Crippen molar-refractivity contribution in [2.24, 2.45) is 5.92 Å². The Morgan fingerprint density at radius 1 is 1.46 bits per heavy atom. The van der Waals surface area contributed by atoms with Gasteiger partial charge in [0.25, 0.3) is 0 Å². The monoisotopic (exact) mass is 184 g/mol. The number of urea groups is 1. The number of carbonyl (C=O) groups is 1. The number of nitrogens with one attached hydrogen (secondary N) is 1. The third-order valence-corrected chi connectivity index (χ3v) is 2.75. The predicted octanol–water partition coefficient (Wildman–Crippen LogP) is 1.13. The Hall–Kier alpha value is -0.770. The number of carbonyl (C=O) groups excluding carboxylic acids is 1. The fourth-order valence-electron chi connectivity index (χ4n) is 1.62. The Morgan fingerprint density at radius 3 is 2.85 bits per heavy atom. The lowest BCUT2D eigenvalue weighted by atomic mass is 9.85. The van der Waals surface area contributed by atoms with Crippen LogP contribution < -0.4 is 5.32 Å². The van der Waals surface area contributed by atoms with Gasteiger partial charge in [-0.2, -0.15) is 0 Å². The number of hydrogen-bond acceptors (Lipinski definition) is 2. The average Bonchev–Trinajstić information content (AvgIpc) is 2.52. The molecule has 0 aromatic rings. The molecule has 1 saturated carbocycles. The summed E-state index contributed by atoms with van der Waals surface area (Å²) < 4.78 is 0. The normalized spacial score (nSPS) is 22.9. The van der Waals surface area contributed by atoms with Gasteiger partial charge in [0, 0.05) is 6.54 Å². The van der Waals surface area contributed by atoms with Crippen LogP contribution in [0.15, 0.2) is 0 Å². The molecular formula is C9H16N2O2. The average molecular weight is 184 g/mol. The van der Waals surface area contributed by atoms with Crippen molar-refractivity contribution < 1.29 is 9.63 Å². The first-order valence-electron chi connectivity index (χ1n) is 5.04. The predicted molar refractivity (Wildman–Crippen MR) is 48.0 cm³/mol. The molecule has 2 rings (SSSR count). The first-order valence-corrected chi connectivity index (χ1v) is 5.04. The van der Waals surface area contributed by atoms with Gasteiger partial charge in [-0.25, -0.2) is 9.86 Å². The first kappa shape index (κ1) is 8.81. The largest absolute Gasteiger partial charge is 0.341 e. The second kappa shape index (κ2) is 3.96. The summed E-state index contributed by atoms with van der Waals surface area (Å²) in [5, 5.41) is 4.32. The van der Waals surface area contributed by atoms with Crippen LogP contribution in [0.5, 0.6) is 0 Å². The Bertz CT molecular complexity index is 186. The minimum absolute atomic E-state index is 0.0654. The molecule has 2 amide bonds. The van der Waals surface area contributed by atoms with Crippen LogP contribution in [0.25, 0.3) is 0 Å². The molecule has 0 radical (unpaired) electrons. The number of hydroxylamine groups is 2. The van der Waals surface area contributed by atoms with E-state index in [0.717, 1.165) is 19.5 Å². The van der Waals surface area contributed by atoms with E-state index in [2.05, 4.69) is 5.32 Å². The molecule has 4 heteroatoms. The molecule has 13 heavy (non-hydrogen) atoms. The Kier molecular flexibility index (Phi) is 2.68. The van der Waals surface area contributed by atoms with E-state index in [-0.39, 0.29) is 6.03 Å². The fraction of sp³-hybridized carbons (Fsp3) is 0.889. The molecule has 0 spiro atoms. The van der Waals surface area contributed by atoms with Crippen molar-refractivity contribution in [3.05, 3.63) is 0 Å². The van der Waals surface area contributed by atoms with Crippen molar-refractivity contribution in [2.45, 2.75) is 25.7 Å². The molecule has 2 fully saturated rings. The van der Waals surface area contributed by atoms with E-state index in [4.69, 9.17) is 4.84 Å². The molecule has 1 N–H and O–H groups in total. The van der Waals surface area contributed by atoms with Crippen LogP contribution in [-0.4, -0.2) is 30.8 Å². The van der Waals surface area contributed by atoms with Crippen molar-refractivity contribution in [3.63, 3.8) is 0 Å².